The zero-order valence-corrected chi connectivity index (χ0v) is 40.5. The van der Waals surface area contributed by atoms with E-state index in [1.807, 2.05) is 62.6 Å². The molecule has 0 spiro atoms. The van der Waals surface area contributed by atoms with E-state index in [2.05, 4.69) is 49.8 Å². The molecule has 0 amide bonds. The molecule has 0 bridgehead atoms. The number of likely N-dealkylation sites (N-methyl/N-ethyl adjacent to an activating group) is 2. The Hall–Kier alpha value is -4.92. The monoisotopic (exact) mass is 953 g/mol. The van der Waals surface area contributed by atoms with Crippen LogP contribution in [0.5, 0.6) is 11.5 Å². The maximum absolute atomic E-state index is 10.3. The molecular weight excluding hydrogens is 881 g/mol. The van der Waals surface area contributed by atoms with Gasteiger partial charge >= 0.3 is 0 Å². The minimum atomic E-state index is -0.625. The molecule has 2 aliphatic carbocycles. The highest BCUT2D eigenvalue weighted by Gasteiger charge is 2.48. The molecule has 2 aromatic carbocycles. The number of benzene rings is 2. The van der Waals surface area contributed by atoms with E-state index in [-0.39, 0.29) is 43.5 Å². The summed E-state index contributed by atoms with van der Waals surface area (Å²) in [5.74, 6) is 5.97. The second-order valence-electron chi connectivity index (χ2n) is 19.0. The van der Waals surface area contributed by atoms with E-state index in [4.69, 9.17) is 48.4 Å². The molecule has 374 valence electrons. The van der Waals surface area contributed by atoms with E-state index in [9.17, 15) is 10.2 Å². The average Bonchev–Trinajstić information content (AvgIpc) is 3.99. The number of nitrogens with zero attached hydrogens (tertiary/aromatic N) is 7. The molecule has 6 unspecified atom stereocenters. The van der Waals surface area contributed by atoms with E-state index < -0.39 is 12.2 Å². The number of morpholine rings is 1. The van der Waals surface area contributed by atoms with Crippen molar-refractivity contribution in [3.05, 3.63) is 60.7 Å². The van der Waals surface area contributed by atoms with Gasteiger partial charge in [-0.05, 0) is 89.7 Å². The van der Waals surface area contributed by atoms with Gasteiger partial charge in [0.15, 0.2) is 11.6 Å². The van der Waals surface area contributed by atoms with Crippen LogP contribution in [-0.2, 0) is 18.9 Å². The number of rotatable bonds is 22. The highest BCUT2D eigenvalue weighted by Crippen LogP contribution is 2.42. The van der Waals surface area contributed by atoms with Gasteiger partial charge in [0.05, 0.1) is 31.5 Å². The first-order chi connectivity index (χ1) is 33.8. The Kier molecular flexibility index (Phi) is 16.9. The fourth-order valence-electron chi connectivity index (χ4n) is 9.98. The predicted octanol–water partition coefficient (Wildman–Crippen LogP) is 4.15. The molecule has 18 nitrogen and oxygen atoms in total. The van der Waals surface area contributed by atoms with Gasteiger partial charge in [0.2, 0.25) is 0 Å². The predicted molar refractivity (Wildman–Crippen MR) is 266 cm³/mol. The fourth-order valence-corrected chi connectivity index (χ4v) is 9.98. The first kappa shape index (κ1) is 49.1. The van der Waals surface area contributed by atoms with Crippen molar-refractivity contribution in [3.63, 3.8) is 0 Å². The summed E-state index contributed by atoms with van der Waals surface area (Å²) in [4.78, 5) is 27.7. The molecule has 3 saturated heterocycles. The number of ether oxygens (including phenoxy) is 6. The van der Waals surface area contributed by atoms with Crippen molar-refractivity contribution in [1.29, 1.82) is 0 Å². The third kappa shape index (κ3) is 13.1. The Morgan fingerprint density at radius 1 is 0.681 bits per heavy atom. The van der Waals surface area contributed by atoms with E-state index in [1.165, 1.54) is 0 Å². The third-order valence-electron chi connectivity index (χ3n) is 13.8. The van der Waals surface area contributed by atoms with E-state index in [0.29, 0.717) is 68.7 Å². The Morgan fingerprint density at radius 3 is 1.91 bits per heavy atom. The van der Waals surface area contributed by atoms with E-state index in [0.717, 1.165) is 112 Å². The van der Waals surface area contributed by atoms with Gasteiger partial charge in [-0.15, -0.1) is 0 Å². The Labute approximate surface area is 406 Å². The lowest BCUT2D eigenvalue weighted by Crippen LogP contribution is -2.43. The van der Waals surface area contributed by atoms with Gasteiger partial charge in [-0.3, -0.25) is 0 Å². The Balaban J connectivity index is 0.913. The first-order valence-corrected chi connectivity index (χ1v) is 25.1. The lowest BCUT2D eigenvalue weighted by atomic mass is 10.1. The standard InChI is InChI=1S/C51H72N10O8/c1-52-30-39(62)32-67-41-8-4-6-34(24-41)50-55-46(28-47(56-50)59(3)37-12-18-64-19-13-37)54-36-10-11-43(26-36)69-45-27-44(45)61(38-14-20-65-21-15-38)49-29-48(60-16-22-66-23-17-60)57-51(58-49)35-7-5-9-42(25-35)68-33-40(63)31-53-2/h4-9,24-25,28-29,36-40,43-45,52-53,62-63H,10-23,26-27,30-33H2,1-3H3,(H,54,55,56). The van der Waals surface area contributed by atoms with Crippen LogP contribution in [0, 0.1) is 0 Å². The van der Waals surface area contributed by atoms with Crippen LogP contribution >= 0.6 is 0 Å². The van der Waals surface area contributed by atoms with Crippen molar-refractivity contribution in [2.75, 3.05) is 120 Å². The van der Waals surface area contributed by atoms with Crippen LogP contribution in [0.2, 0.25) is 0 Å². The van der Waals surface area contributed by atoms with Crippen LogP contribution in [0.4, 0.5) is 23.3 Å². The first-order valence-electron chi connectivity index (χ1n) is 25.1. The Morgan fingerprint density at radius 2 is 1.28 bits per heavy atom. The zero-order chi connectivity index (χ0) is 47.5. The molecular formula is C51H72N10O8. The molecule has 18 heteroatoms. The van der Waals surface area contributed by atoms with E-state index in [1.54, 1.807) is 0 Å². The second-order valence-corrected chi connectivity index (χ2v) is 19.0. The molecule has 4 aromatic rings. The molecule has 3 aliphatic heterocycles. The van der Waals surface area contributed by atoms with Gasteiger partial charge < -0.3 is 69.3 Å². The molecule has 9 rings (SSSR count). The largest absolute Gasteiger partial charge is 0.491 e. The summed E-state index contributed by atoms with van der Waals surface area (Å²) >= 11 is 0. The van der Waals surface area contributed by atoms with Gasteiger partial charge in [0, 0.05) is 101 Å². The number of aliphatic hydroxyl groups excluding tert-OH is 2. The van der Waals surface area contributed by atoms with Crippen molar-refractivity contribution in [2.45, 2.75) is 99.9 Å². The average molecular weight is 953 g/mol. The summed E-state index contributed by atoms with van der Waals surface area (Å²) in [6.07, 6.45) is 6.33. The molecule has 5 heterocycles. The summed E-state index contributed by atoms with van der Waals surface area (Å²) in [6.45, 7) is 6.93. The molecule has 0 radical (unpaired) electrons. The number of anilines is 4. The lowest BCUT2D eigenvalue weighted by Gasteiger charge is -2.37. The number of hydrogen-bond donors (Lipinski definition) is 5. The fraction of sp³-hybridized carbons (Fsp3) is 0.608. The highest BCUT2D eigenvalue weighted by atomic mass is 16.5. The van der Waals surface area contributed by atoms with Crippen LogP contribution in [0.1, 0.15) is 51.4 Å². The zero-order valence-electron chi connectivity index (χ0n) is 40.5. The number of hydrogen-bond acceptors (Lipinski definition) is 18. The van der Waals surface area contributed by atoms with Crippen LogP contribution in [0.25, 0.3) is 22.8 Å². The molecule has 2 aromatic heterocycles. The maximum Gasteiger partial charge on any atom is 0.163 e. The minimum Gasteiger partial charge on any atom is -0.491 e. The molecule has 5 N–H and O–H groups in total. The van der Waals surface area contributed by atoms with E-state index >= 15 is 0 Å². The molecule has 2 saturated carbocycles. The third-order valence-corrected chi connectivity index (χ3v) is 13.8. The van der Waals surface area contributed by atoms with Gasteiger partial charge in [-0.25, -0.2) is 19.9 Å². The van der Waals surface area contributed by atoms with Crippen LogP contribution in [0.15, 0.2) is 60.7 Å². The minimum absolute atomic E-state index is 0.0711. The van der Waals surface area contributed by atoms with Crippen molar-refractivity contribution < 1.29 is 38.6 Å². The lowest BCUT2D eigenvalue weighted by molar-refractivity contribution is 0.0388. The summed E-state index contributed by atoms with van der Waals surface area (Å²) in [5.41, 5.74) is 1.69. The van der Waals surface area contributed by atoms with Gasteiger partial charge in [-0.1, -0.05) is 24.3 Å². The van der Waals surface area contributed by atoms with Crippen molar-refractivity contribution in [2.24, 2.45) is 0 Å². The Bertz CT molecular complexity index is 2240. The second kappa shape index (κ2) is 23.8. The van der Waals surface area contributed by atoms with Crippen LogP contribution < -0.4 is 40.1 Å². The number of nitrogens with one attached hydrogen (secondary N) is 3. The molecule has 6 atom stereocenters. The normalized spacial score (nSPS) is 23.1. The summed E-state index contributed by atoms with van der Waals surface area (Å²) in [5, 5.41) is 30.4. The summed E-state index contributed by atoms with van der Waals surface area (Å²) < 4.78 is 36.3. The van der Waals surface area contributed by atoms with Crippen molar-refractivity contribution >= 4 is 23.3 Å². The smallest absolute Gasteiger partial charge is 0.163 e. The maximum atomic E-state index is 10.3. The van der Waals surface area contributed by atoms with Gasteiger partial charge in [0.25, 0.3) is 0 Å². The SMILES string of the molecule is CNCC(O)COc1cccc(-c2nc(NC3CCC(OC4CC4N(c4cc(N5CCOCC5)nc(-c5cccc(OCC(O)CNC)c5)n4)C4CCOCC4)C3)cc(N(C)C3CCOCC3)n2)c1. The van der Waals surface area contributed by atoms with Gasteiger partial charge in [0.1, 0.15) is 60.2 Å². The molecule has 5 aliphatic rings. The van der Waals surface area contributed by atoms with Crippen molar-refractivity contribution in [3.8, 4) is 34.3 Å². The van der Waals surface area contributed by atoms with Crippen LogP contribution in [-0.4, -0.2) is 179 Å². The highest BCUT2D eigenvalue weighted by molar-refractivity contribution is 5.66. The molecule has 5 fully saturated rings. The topological polar surface area (TPSA) is 193 Å². The summed E-state index contributed by atoms with van der Waals surface area (Å²) in [6, 6.07) is 20.8. The van der Waals surface area contributed by atoms with Crippen molar-refractivity contribution in [1.82, 2.24) is 30.6 Å². The van der Waals surface area contributed by atoms with Gasteiger partial charge in [-0.2, -0.15) is 0 Å². The quantitative estimate of drug-likeness (QED) is 0.0754. The molecule has 69 heavy (non-hydrogen) atoms. The number of aromatic nitrogens is 4. The number of aliphatic hydroxyl groups is 2. The summed E-state index contributed by atoms with van der Waals surface area (Å²) in [7, 11) is 5.73. The van der Waals surface area contributed by atoms with Crippen LogP contribution in [0.3, 0.4) is 0 Å².